The van der Waals surface area contributed by atoms with Gasteiger partial charge in [0, 0.05) is 6.54 Å². The minimum Gasteiger partial charge on any atom is -0.365 e. The van der Waals surface area contributed by atoms with Gasteiger partial charge in [-0.2, -0.15) is 0 Å². The van der Waals surface area contributed by atoms with Crippen LogP contribution in [-0.4, -0.2) is 15.9 Å². The molecular weight excluding hydrogens is 371 g/mol. The zero-order chi connectivity index (χ0) is 18.5. The van der Waals surface area contributed by atoms with Crippen molar-refractivity contribution in [3.63, 3.8) is 0 Å². The average Bonchev–Trinajstić information content (AvgIpc) is 2.65. The van der Waals surface area contributed by atoms with Gasteiger partial charge in [0.05, 0.1) is 28.1 Å². The molecule has 2 aromatic carbocycles. The van der Waals surface area contributed by atoms with E-state index in [1.165, 1.54) is 18.0 Å². The minimum atomic E-state index is -0.410. The van der Waals surface area contributed by atoms with E-state index in [0.29, 0.717) is 23.1 Å². The Labute approximate surface area is 161 Å². The van der Waals surface area contributed by atoms with Crippen LogP contribution in [0, 0.1) is 6.92 Å². The van der Waals surface area contributed by atoms with Gasteiger partial charge in [-0.05, 0) is 24.6 Å². The topological polar surface area (TPSA) is 66.9 Å². The Morgan fingerprint density at radius 2 is 1.81 bits per heavy atom. The SMILES string of the molecule is Cc1ccc(CNc2cnc(C(=O)Nc3cccc(Cl)c3Cl)cn2)cc1. The van der Waals surface area contributed by atoms with Crippen LogP contribution in [0.1, 0.15) is 21.6 Å². The summed E-state index contributed by atoms with van der Waals surface area (Å²) in [5.41, 5.74) is 2.95. The van der Waals surface area contributed by atoms with Gasteiger partial charge < -0.3 is 10.6 Å². The quantitative estimate of drug-likeness (QED) is 0.650. The number of hydrogen-bond acceptors (Lipinski definition) is 4. The Balaban J connectivity index is 1.62. The minimum absolute atomic E-state index is 0.182. The molecular formula is C19H16Cl2N4O. The molecule has 0 aliphatic rings. The summed E-state index contributed by atoms with van der Waals surface area (Å²) in [4.78, 5) is 20.6. The van der Waals surface area contributed by atoms with E-state index >= 15 is 0 Å². The van der Waals surface area contributed by atoms with Crippen LogP contribution < -0.4 is 10.6 Å². The number of aryl methyl sites for hydroxylation is 1. The smallest absolute Gasteiger partial charge is 0.275 e. The van der Waals surface area contributed by atoms with Crippen LogP contribution in [0.3, 0.4) is 0 Å². The van der Waals surface area contributed by atoms with Gasteiger partial charge >= 0.3 is 0 Å². The molecule has 0 radical (unpaired) electrons. The van der Waals surface area contributed by atoms with Crippen LogP contribution >= 0.6 is 23.2 Å². The van der Waals surface area contributed by atoms with Gasteiger partial charge in [-0.15, -0.1) is 0 Å². The van der Waals surface area contributed by atoms with E-state index in [1.807, 2.05) is 19.1 Å². The molecule has 5 nitrogen and oxygen atoms in total. The molecule has 0 bridgehead atoms. The molecule has 0 aliphatic carbocycles. The fraction of sp³-hybridized carbons (Fsp3) is 0.105. The lowest BCUT2D eigenvalue weighted by Gasteiger charge is -2.09. The summed E-state index contributed by atoms with van der Waals surface area (Å²) in [5, 5.41) is 6.49. The monoisotopic (exact) mass is 386 g/mol. The Morgan fingerprint density at radius 1 is 1.04 bits per heavy atom. The van der Waals surface area contributed by atoms with E-state index in [1.54, 1.807) is 18.2 Å². The highest BCUT2D eigenvalue weighted by atomic mass is 35.5. The normalized spacial score (nSPS) is 10.4. The lowest BCUT2D eigenvalue weighted by atomic mass is 10.1. The zero-order valence-corrected chi connectivity index (χ0v) is 15.5. The van der Waals surface area contributed by atoms with Gasteiger partial charge in [-0.25, -0.2) is 9.97 Å². The van der Waals surface area contributed by atoms with Gasteiger partial charge in [0.15, 0.2) is 0 Å². The molecule has 1 heterocycles. The van der Waals surface area contributed by atoms with Crippen molar-refractivity contribution in [3.8, 4) is 0 Å². The average molecular weight is 387 g/mol. The molecule has 0 unspecified atom stereocenters. The third kappa shape index (κ3) is 4.50. The largest absolute Gasteiger partial charge is 0.365 e. The van der Waals surface area contributed by atoms with Crippen LogP contribution in [0.5, 0.6) is 0 Å². The number of hydrogen-bond donors (Lipinski definition) is 2. The maximum absolute atomic E-state index is 12.3. The van der Waals surface area contributed by atoms with Crippen molar-refractivity contribution in [2.75, 3.05) is 10.6 Å². The van der Waals surface area contributed by atoms with Crippen molar-refractivity contribution in [2.24, 2.45) is 0 Å². The van der Waals surface area contributed by atoms with Gasteiger partial charge in [-0.3, -0.25) is 4.79 Å². The first kappa shape index (κ1) is 18.2. The zero-order valence-electron chi connectivity index (χ0n) is 14.0. The molecule has 3 aromatic rings. The molecule has 0 aliphatic heterocycles. The second kappa shape index (κ2) is 8.17. The number of nitrogens with zero attached hydrogens (tertiary/aromatic N) is 2. The molecule has 26 heavy (non-hydrogen) atoms. The van der Waals surface area contributed by atoms with E-state index < -0.39 is 5.91 Å². The second-order valence-corrected chi connectivity index (χ2v) is 6.47. The summed E-state index contributed by atoms with van der Waals surface area (Å²) in [6, 6.07) is 13.2. The summed E-state index contributed by atoms with van der Waals surface area (Å²) in [5.74, 6) is 0.176. The fourth-order valence-corrected chi connectivity index (χ4v) is 2.57. The van der Waals surface area contributed by atoms with E-state index in [4.69, 9.17) is 23.2 Å². The second-order valence-electron chi connectivity index (χ2n) is 5.68. The number of nitrogens with one attached hydrogen (secondary N) is 2. The molecule has 0 saturated carbocycles. The van der Waals surface area contributed by atoms with Crippen molar-refractivity contribution in [3.05, 3.63) is 81.7 Å². The third-order valence-electron chi connectivity index (χ3n) is 3.68. The maximum Gasteiger partial charge on any atom is 0.275 e. The first-order valence-corrected chi connectivity index (χ1v) is 8.65. The number of benzene rings is 2. The molecule has 1 amide bonds. The molecule has 132 valence electrons. The third-order valence-corrected chi connectivity index (χ3v) is 4.50. The Morgan fingerprint density at radius 3 is 2.50 bits per heavy atom. The van der Waals surface area contributed by atoms with E-state index in [9.17, 15) is 4.79 Å². The highest BCUT2D eigenvalue weighted by molar-refractivity contribution is 6.44. The van der Waals surface area contributed by atoms with Crippen molar-refractivity contribution < 1.29 is 4.79 Å². The number of carbonyl (C=O) groups excluding carboxylic acids is 1. The number of aromatic nitrogens is 2. The van der Waals surface area contributed by atoms with Crippen LogP contribution in [-0.2, 0) is 6.54 Å². The van der Waals surface area contributed by atoms with Gasteiger partial charge in [0.2, 0.25) is 0 Å². The number of amides is 1. The molecule has 1 aromatic heterocycles. The highest BCUT2D eigenvalue weighted by Crippen LogP contribution is 2.29. The summed E-state index contributed by atoms with van der Waals surface area (Å²) < 4.78 is 0. The lowest BCUT2D eigenvalue weighted by Crippen LogP contribution is -2.15. The predicted molar refractivity (Wildman–Crippen MR) is 105 cm³/mol. The number of halogens is 2. The molecule has 7 heteroatoms. The van der Waals surface area contributed by atoms with Crippen molar-refractivity contribution in [1.82, 2.24) is 9.97 Å². The summed E-state index contributed by atoms with van der Waals surface area (Å²) in [6.07, 6.45) is 2.92. The Kier molecular flexibility index (Phi) is 5.71. The first-order chi connectivity index (χ1) is 12.5. The van der Waals surface area contributed by atoms with Gasteiger partial charge in [-0.1, -0.05) is 59.1 Å². The van der Waals surface area contributed by atoms with Crippen molar-refractivity contribution in [2.45, 2.75) is 13.5 Å². The molecule has 0 saturated heterocycles. The molecule has 0 atom stereocenters. The standard InChI is InChI=1S/C19H16Cl2N4O/c1-12-5-7-13(8-6-12)9-23-17-11-22-16(10-24-17)19(26)25-15-4-2-3-14(20)18(15)21/h2-8,10-11H,9H2,1H3,(H,23,24)(H,25,26). The van der Waals surface area contributed by atoms with Crippen molar-refractivity contribution in [1.29, 1.82) is 0 Å². The fourth-order valence-electron chi connectivity index (χ4n) is 2.22. The number of rotatable bonds is 5. The van der Waals surface area contributed by atoms with E-state index in [0.717, 1.165) is 5.56 Å². The summed E-state index contributed by atoms with van der Waals surface area (Å²) in [7, 11) is 0. The van der Waals surface area contributed by atoms with Gasteiger partial charge in [0.25, 0.3) is 5.91 Å². The Hall–Kier alpha value is -2.63. The van der Waals surface area contributed by atoms with Crippen LogP contribution in [0.15, 0.2) is 54.9 Å². The molecule has 0 fully saturated rings. The lowest BCUT2D eigenvalue weighted by molar-refractivity contribution is 0.102. The maximum atomic E-state index is 12.3. The van der Waals surface area contributed by atoms with Crippen molar-refractivity contribution >= 4 is 40.6 Å². The summed E-state index contributed by atoms with van der Waals surface area (Å²) in [6.45, 7) is 2.67. The van der Waals surface area contributed by atoms with Gasteiger partial charge in [0.1, 0.15) is 11.5 Å². The summed E-state index contributed by atoms with van der Waals surface area (Å²) >= 11 is 12.0. The molecule has 2 N–H and O–H groups in total. The first-order valence-electron chi connectivity index (χ1n) is 7.90. The predicted octanol–water partition coefficient (Wildman–Crippen LogP) is 4.96. The highest BCUT2D eigenvalue weighted by Gasteiger charge is 2.12. The van der Waals surface area contributed by atoms with E-state index in [2.05, 4.69) is 32.7 Å². The van der Waals surface area contributed by atoms with Crippen LogP contribution in [0.25, 0.3) is 0 Å². The molecule has 3 rings (SSSR count). The van der Waals surface area contributed by atoms with Crippen LogP contribution in [0.4, 0.5) is 11.5 Å². The number of carbonyl (C=O) groups is 1. The number of anilines is 2. The Bertz CT molecular complexity index is 912. The van der Waals surface area contributed by atoms with Crippen LogP contribution in [0.2, 0.25) is 10.0 Å². The molecule has 0 spiro atoms. The van der Waals surface area contributed by atoms with E-state index in [-0.39, 0.29) is 10.7 Å².